The Morgan fingerprint density at radius 3 is 2.30 bits per heavy atom. The van der Waals surface area contributed by atoms with Gasteiger partial charge in [-0.3, -0.25) is 49.0 Å². The number of fused-ring (bicyclic) bond motifs is 4. The summed E-state index contributed by atoms with van der Waals surface area (Å²) in [7, 11) is 1.53. The second-order valence-corrected chi connectivity index (χ2v) is 17.0. The maximum Gasteiger partial charge on any atom is 0.262 e. The number of aromatic amines is 1. The number of anilines is 3. The number of rotatable bonds is 10. The van der Waals surface area contributed by atoms with Crippen LogP contribution >= 0.6 is 0 Å². The maximum absolute atomic E-state index is 13.4. The monoisotopic (exact) mass is 825 g/mol. The fraction of sp³-hybridized carbons (Fsp3) is 0.400. The summed E-state index contributed by atoms with van der Waals surface area (Å²) in [6.45, 7) is 5.29. The molecule has 4 atom stereocenters. The molecule has 7 aliphatic rings. The number of nitrogens with one attached hydrogen (secondary N) is 3. The van der Waals surface area contributed by atoms with Gasteiger partial charge in [-0.05, 0) is 79.6 Å². The Bertz CT molecular complexity index is 2420. The highest BCUT2D eigenvalue weighted by atomic mass is 16.5. The predicted octanol–water partition coefficient (Wildman–Crippen LogP) is 3.47. The van der Waals surface area contributed by atoms with Crippen molar-refractivity contribution < 1.29 is 33.5 Å². The van der Waals surface area contributed by atoms with E-state index >= 15 is 0 Å². The highest BCUT2D eigenvalue weighted by Gasteiger charge is 2.47. The SMILES string of the molecule is COC(C(=O)N1Cc2[nH]nc(NC(=O)c3ccc(N4CCC(CN5C6CC5CN(c5ccc7c(c5)C(=O)N(C5CCC(=O)NC5=O)C7=O)C6)CC4)cc3)c2C1)c1ccccc1. The molecule has 0 spiro atoms. The van der Waals surface area contributed by atoms with Crippen molar-refractivity contribution in [3.05, 3.63) is 106 Å². The lowest BCUT2D eigenvalue weighted by atomic mass is 9.84. The second kappa shape index (κ2) is 15.6. The quantitative estimate of drug-likeness (QED) is 0.199. The molecule has 8 heterocycles. The Kier molecular flexibility index (Phi) is 9.90. The minimum absolute atomic E-state index is 0.0901. The van der Waals surface area contributed by atoms with Gasteiger partial charge in [-0.25, -0.2) is 0 Å². The van der Waals surface area contributed by atoms with Gasteiger partial charge in [-0.2, -0.15) is 5.10 Å². The summed E-state index contributed by atoms with van der Waals surface area (Å²) in [4.78, 5) is 87.5. The molecule has 3 aromatic carbocycles. The van der Waals surface area contributed by atoms with Crippen molar-refractivity contribution in [2.75, 3.05) is 55.0 Å². The van der Waals surface area contributed by atoms with Gasteiger partial charge in [0.25, 0.3) is 23.6 Å². The smallest absolute Gasteiger partial charge is 0.262 e. The van der Waals surface area contributed by atoms with Crippen LogP contribution in [0, 0.1) is 5.92 Å². The van der Waals surface area contributed by atoms with Crippen LogP contribution in [-0.4, -0.2) is 118 Å². The summed E-state index contributed by atoms with van der Waals surface area (Å²) in [5.74, 6) is -1.38. The van der Waals surface area contributed by atoms with Crippen molar-refractivity contribution >= 4 is 52.6 Å². The van der Waals surface area contributed by atoms with E-state index in [1.54, 1.807) is 17.0 Å². The summed E-state index contributed by atoms with van der Waals surface area (Å²) in [6, 6.07) is 22.3. The third-order valence-electron chi connectivity index (χ3n) is 13.5. The fourth-order valence-corrected chi connectivity index (χ4v) is 10.1. The number of carbonyl (C=O) groups excluding carboxylic acids is 6. The molecule has 6 amide bonds. The van der Waals surface area contributed by atoms with Crippen LogP contribution in [0.4, 0.5) is 17.2 Å². The first-order valence-corrected chi connectivity index (χ1v) is 21.1. The standard InChI is InChI=1S/C45H47N9O7/c1-61-39(27-5-3-2-4-6-27)45(60)52-24-35-36(25-52)48-49-40(35)47-41(56)28-7-9-29(10-8-28)50-17-15-26(16-18-50)21-53-31-19-32(53)23-51(22-31)30-11-12-33-34(20-30)44(59)54(43(33)58)37-13-14-38(55)46-42(37)57/h2-12,20,26,31-32,37,39H,13-19,21-25H2,1H3,(H,46,55,57)(H2,47,48,49,56). The van der Waals surface area contributed by atoms with E-state index in [9.17, 15) is 28.8 Å². The fourth-order valence-electron chi connectivity index (χ4n) is 10.1. The molecule has 7 aliphatic heterocycles. The zero-order valence-electron chi connectivity index (χ0n) is 33.8. The molecule has 16 nitrogen and oxygen atoms in total. The van der Waals surface area contributed by atoms with Gasteiger partial charge in [0.15, 0.2) is 11.9 Å². The van der Waals surface area contributed by atoms with E-state index in [2.05, 4.69) is 35.5 Å². The molecular formula is C45H47N9O7. The first-order valence-electron chi connectivity index (χ1n) is 21.1. The molecule has 4 unspecified atom stereocenters. The first-order chi connectivity index (χ1) is 29.6. The molecule has 1 aromatic heterocycles. The van der Waals surface area contributed by atoms with Gasteiger partial charge in [0.05, 0.1) is 29.9 Å². The number of ether oxygens (including phenoxy) is 1. The summed E-state index contributed by atoms with van der Waals surface area (Å²) in [5.41, 5.74) is 5.50. The lowest BCUT2D eigenvalue weighted by Gasteiger charge is -2.58. The van der Waals surface area contributed by atoms with Crippen molar-refractivity contribution in [3.8, 4) is 0 Å². The van der Waals surface area contributed by atoms with Crippen LogP contribution in [0.5, 0.6) is 0 Å². The Balaban J connectivity index is 0.693. The van der Waals surface area contributed by atoms with Gasteiger partial charge < -0.3 is 24.8 Å². The van der Waals surface area contributed by atoms with Gasteiger partial charge in [0, 0.05) is 80.8 Å². The molecular weight excluding hydrogens is 779 g/mol. The van der Waals surface area contributed by atoms with Gasteiger partial charge >= 0.3 is 0 Å². The van der Waals surface area contributed by atoms with E-state index in [-0.39, 0.29) is 24.7 Å². The van der Waals surface area contributed by atoms with Crippen LogP contribution in [-0.2, 0) is 32.2 Å². The zero-order valence-corrected chi connectivity index (χ0v) is 33.8. The summed E-state index contributed by atoms with van der Waals surface area (Å²) in [5, 5.41) is 12.5. The Morgan fingerprint density at radius 1 is 0.852 bits per heavy atom. The Hall–Kier alpha value is -6.39. The largest absolute Gasteiger partial charge is 0.372 e. The normalized spacial score (nSPS) is 23.1. The van der Waals surface area contributed by atoms with Crippen molar-refractivity contribution in [1.29, 1.82) is 0 Å². The van der Waals surface area contributed by atoms with Gasteiger partial charge in [0.2, 0.25) is 11.8 Å². The van der Waals surface area contributed by atoms with E-state index in [1.807, 2.05) is 60.7 Å². The number of nitrogens with zero attached hydrogens (tertiary/aromatic N) is 6. The molecule has 0 saturated carbocycles. The Morgan fingerprint density at radius 2 is 1.57 bits per heavy atom. The number of imide groups is 2. The highest BCUT2D eigenvalue weighted by Crippen LogP contribution is 2.39. The molecule has 2 bridgehead atoms. The number of hydrogen-bond acceptors (Lipinski definition) is 11. The average Bonchev–Trinajstić information content (AvgIpc) is 3.95. The molecule has 4 aromatic rings. The van der Waals surface area contributed by atoms with Gasteiger partial charge in [-0.1, -0.05) is 30.3 Å². The number of aromatic nitrogens is 2. The molecule has 61 heavy (non-hydrogen) atoms. The average molecular weight is 826 g/mol. The van der Waals surface area contributed by atoms with Crippen molar-refractivity contribution in [1.82, 2.24) is 30.2 Å². The van der Waals surface area contributed by atoms with E-state index in [0.717, 1.165) is 85.1 Å². The maximum atomic E-state index is 13.4. The lowest BCUT2D eigenvalue weighted by molar-refractivity contribution is -0.143. The van der Waals surface area contributed by atoms with Gasteiger partial charge in [-0.15, -0.1) is 0 Å². The van der Waals surface area contributed by atoms with Gasteiger partial charge in [0.1, 0.15) is 6.04 Å². The molecule has 5 saturated heterocycles. The molecule has 3 N–H and O–H groups in total. The molecule has 0 radical (unpaired) electrons. The van der Waals surface area contributed by atoms with Crippen molar-refractivity contribution in [2.24, 2.45) is 5.92 Å². The van der Waals surface area contributed by atoms with Crippen LogP contribution in [0.1, 0.15) is 86.1 Å². The Labute approximate surface area is 352 Å². The van der Waals surface area contributed by atoms with E-state index < -0.39 is 35.8 Å². The number of hydrogen-bond donors (Lipinski definition) is 3. The van der Waals surface area contributed by atoms with Crippen LogP contribution in [0.2, 0.25) is 0 Å². The summed E-state index contributed by atoms with van der Waals surface area (Å²) >= 11 is 0. The first kappa shape index (κ1) is 38.8. The lowest BCUT2D eigenvalue weighted by Crippen LogP contribution is -2.69. The number of methoxy groups -OCH3 is 1. The number of amides is 6. The van der Waals surface area contributed by atoms with Crippen LogP contribution in [0.25, 0.3) is 0 Å². The predicted molar refractivity (Wildman–Crippen MR) is 223 cm³/mol. The minimum atomic E-state index is -0.976. The number of piperidine rings is 3. The molecule has 314 valence electrons. The highest BCUT2D eigenvalue weighted by molar-refractivity contribution is 6.23. The number of carbonyl (C=O) groups is 6. The number of H-pyrrole nitrogens is 1. The van der Waals surface area contributed by atoms with Crippen molar-refractivity contribution in [3.63, 3.8) is 0 Å². The van der Waals surface area contributed by atoms with E-state index in [0.29, 0.717) is 53.6 Å². The van der Waals surface area contributed by atoms with Crippen LogP contribution < -0.4 is 20.4 Å². The van der Waals surface area contributed by atoms with Crippen molar-refractivity contribution in [2.45, 2.75) is 69.4 Å². The van der Waals surface area contributed by atoms with E-state index in [4.69, 9.17) is 4.74 Å². The topological polar surface area (TPSA) is 181 Å². The van der Waals surface area contributed by atoms with Crippen LogP contribution in [0.15, 0.2) is 72.8 Å². The molecule has 0 aliphatic carbocycles. The minimum Gasteiger partial charge on any atom is -0.372 e. The van der Waals surface area contributed by atoms with E-state index in [1.165, 1.54) is 7.11 Å². The second-order valence-electron chi connectivity index (χ2n) is 17.0. The number of piperazine rings is 1. The molecule has 16 heteroatoms. The third-order valence-corrected chi connectivity index (χ3v) is 13.5. The zero-order chi connectivity index (χ0) is 41.9. The van der Waals surface area contributed by atoms with Crippen LogP contribution in [0.3, 0.4) is 0 Å². The summed E-state index contributed by atoms with van der Waals surface area (Å²) < 4.78 is 5.56. The number of benzene rings is 3. The third kappa shape index (κ3) is 7.02. The molecule has 11 rings (SSSR count). The molecule has 5 fully saturated rings. The summed E-state index contributed by atoms with van der Waals surface area (Å²) in [6.07, 6.45) is 2.81.